The van der Waals surface area contributed by atoms with Crippen molar-refractivity contribution in [3.63, 3.8) is 0 Å². The molecule has 6 nitrogen and oxygen atoms in total. The van der Waals surface area contributed by atoms with E-state index < -0.39 is 35.4 Å². The molecule has 1 atom stereocenters. The first-order chi connectivity index (χ1) is 17.5. The van der Waals surface area contributed by atoms with Crippen LogP contribution in [0.25, 0.3) is 16.6 Å². The summed E-state index contributed by atoms with van der Waals surface area (Å²) in [5, 5.41) is 0. The Labute approximate surface area is 205 Å². The van der Waals surface area contributed by atoms with Gasteiger partial charge in [-0.2, -0.15) is 22.0 Å². The second-order valence-corrected chi connectivity index (χ2v) is 9.45. The average molecular weight is 519 g/mol. The first kappa shape index (κ1) is 23.6. The third-order valence-electron chi connectivity index (χ3n) is 7.11. The summed E-state index contributed by atoms with van der Waals surface area (Å²) in [6.07, 6.45) is -0.836. The minimum Gasteiger partial charge on any atom is -0.382 e. The van der Waals surface area contributed by atoms with Crippen LogP contribution >= 0.6 is 0 Å². The van der Waals surface area contributed by atoms with E-state index in [4.69, 9.17) is 5.73 Å². The van der Waals surface area contributed by atoms with Crippen molar-refractivity contribution in [3.05, 3.63) is 70.9 Å². The summed E-state index contributed by atoms with van der Waals surface area (Å²) in [5.74, 6) is -6.22. The highest BCUT2D eigenvalue weighted by atomic mass is 19.4. The molecule has 37 heavy (non-hydrogen) atoms. The summed E-state index contributed by atoms with van der Waals surface area (Å²) in [6.45, 7) is 0. The number of amides is 1. The van der Waals surface area contributed by atoms with E-state index in [9.17, 15) is 26.7 Å². The second-order valence-electron chi connectivity index (χ2n) is 9.45. The van der Waals surface area contributed by atoms with Crippen LogP contribution in [0, 0.1) is 5.82 Å². The summed E-state index contributed by atoms with van der Waals surface area (Å²) >= 11 is 0. The molecule has 6 rings (SSSR count). The van der Waals surface area contributed by atoms with Crippen LogP contribution in [0.5, 0.6) is 0 Å². The van der Waals surface area contributed by atoms with Gasteiger partial charge in [0.1, 0.15) is 17.2 Å². The molecule has 2 aromatic carbocycles. The lowest BCUT2D eigenvalue weighted by Gasteiger charge is -2.30. The first-order valence-corrected chi connectivity index (χ1v) is 11.6. The Morgan fingerprint density at radius 2 is 1.81 bits per heavy atom. The molecule has 4 aromatic rings. The Kier molecular flexibility index (Phi) is 4.99. The van der Waals surface area contributed by atoms with Crippen LogP contribution in [0.4, 0.5) is 32.2 Å². The van der Waals surface area contributed by atoms with E-state index in [0.717, 1.165) is 18.2 Å². The lowest BCUT2D eigenvalue weighted by atomic mass is 9.99. The van der Waals surface area contributed by atoms with Gasteiger partial charge in [0, 0.05) is 17.7 Å². The number of nitrogen functional groups attached to an aromatic ring is 1. The largest absolute Gasteiger partial charge is 0.458 e. The summed E-state index contributed by atoms with van der Waals surface area (Å²) in [6, 6.07) is 4.58. The molecular weight excluding hydrogens is 500 g/mol. The summed E-state index contributed by atoms with van der Waals surface area (Å²) in [7, 11) is 0. The van der Waals surface area contributed by atoms with E-state index >= 15 is 4.39 Å². The molecular formula is C25H19F6N5O. The Morgan fingerprint density at radius 3 is 2.51 bits per heavy atom. The number of halogens is 6. The summed E-state index contributed by atoms with van der Waals surface area (Å²) < 4.78 is 83.3. The molecule has 0 spiro atoms. The summed E-state index contributed by atoms with van der Waals surface area (Å²) in [5.41, 5.74) is 6.55. The minimum atomic E-state index is -5.72. The zero-order valence-corrected chi connectivity index (χ0v) is 19.1. The Balaban J connectivity index is 1.40. The van der Waals surface area contributed by atoms with Gasteiger partial charge >= 0.3 is 12.1 Å². The van der Waals surface area contributed by atoms with Gasteiger partial charge in [-0.25, -0.2) is 14.4 Å². The fraction of sp³-hybridized carbons (Fsp3) is 0.320. The number of aryl methyl sites for hydroxylation is 1. The van der Waals surface area contributed by atoms with Gasteiger partial charge in [0.15, 0.2) is 0 Å². The van der Waals surface area contributed by atoms with E-state index in [1.807, 2.05) is 0 Å². The maximum Gasteiger partial charge on any atom is 0.458 e. The van der Waals surface area contributed by atoms with Crippen molar-refractivity contribution in [1.29, 1.82) is 0 Å². The molecule has 0 aliphatic heterocycles. The normalized spacial score (nSPS) is 17.9. The van der Waals surface area contributed by atoms with E-state index in [0.29, 0.717) is 41.4 Å². The topological polar surface area (TPSA) is 76.5 Å². The van der Waals surface area contributed by atoms with Crippen molar-refractivity contribution >= 4 is 28.3 Å². The third-order valence-corrected chi connectivity index (χ3v) is 7.11. The van der Waals surface area contributed by atoms with Gasteiger partial charge < -0.3 is 10.6 Å². The molecule has 1 amide bonds. The zero-order chi connectivity index (χ0) is 26.3. The van der Waals surface area contributed by atoms with E-state index in [-0.39, 0.29) is 29.4 Å². The molecule has 192 valence electrons. The van der Waals surface area contributed by atoms with Crippen LogP contribution in [0.1, 0.15) is 52.4 Å². The van der Waals surface area contributed by atoms with E-state index in [1.165, 1.54) is 29.6 Å². The number of nitrogens with two attached hydrogens (primary N) is 1. The third kappa shape index (κ3) is 3.60. The molecule has 0 saturated heterocycles. The van der Waals surface area contributed by atoms with Crippen molar-refractivity contribution < 1.29 is 31.1 Å². The number of alkyl halides is 5. The molecule has 12 heteroatoms. The Bertz CT molecular complexity index is 1580. The number of carbonyl (C=O) groups is 1. The quantitative estimate of drug-likeness (QED) is 0.359. The van der Waals surface area contributed by atoms with E-state index in [1.54, 1.807) is 4.40 Å². The van der Waals surface area contributed by atoms with Crippen LogP contribution in [-0.2, 0) is 12.3 Å². The van der Waals surface area contributed by atoms with Crippen molar-refractivity contribution in [2.45, 2.75) is 49.9 Å². The lowest BCUT2D eigenvalue weighted by molar-refractivity contribution is -0.289. The average Bonchev–Trinajstić information content (AvgIpc) is 3.37. The fourth-order valence-corrected chi connectivity index (χ4v) is 5.16. The van der Waals surface area contributed by atoms with Crippen LogP contribution in [-0.4, -0.2) is 37.4 Å². The van der Waals surface area contributed by atoms with Crippen LogP contribution < -0.4 is 5.73 Å². The number of carbonyl (C=O) groups excluding carboxylic acids is 1. The van der Waals surface area contributed by atoms with Crippen molar-refractivity contribution in [2.75, 3.05) is 5.73 Å². The lowest BCUT2D eigenvalue weighted by Crippen LogP contribution is -2.36. The number of hydrogen-bond acceptors (Lipinski definition) is 4. The summed E-state index contributed by atoms with van der Waals surface area (Å²) in [4.78, 5) is 23.5. The first-order valence-electron chi connectivity index (χ1n) is 11.6. The predicted octanol–water partition coefficient (Wildman–Crippen LogP) is 5.55. The highest BCUT2D eigenvalue weighted by Crippen LogP contribution is 2.47. The van der Waals surface area contributed by atoms with Gasteiger partial charge in [0.2, 0.25) is 0 Å². The van der Waals surface area contributed by atoms with Crippen LogP contribution in [0.15, 0.2) is 42.9 Å². The maximum atomic E-state index is 15.2. The van der Waals surface area contributed by atoms with Crippen molar-refractivity contribution in [2.24, 2.45) is 0 Å². The second kappa shape index (κ2) is 7.83. The van der Waals surface area contributed by atoms with Gasteiger partial charge in [-0.3, -0.25) is 9.20 Å². The van der Waals surface area contributed by atoms with Crippen LogP contribution in [0.3, 0.4) is 0 Å². The number of aromatic nitrogens is 3. The highest BCUT2D eigenvalue weighted by molar-refractivity contribution is 5.99. The number of anilines is 1. The molecule has 2 N–H and O–H groups in total. The molecule has 1 saturated carbocycles. The molecule has 2 aromatic heterocycles. The predicted molar refractivity (Wildman–Crippen MR) is 122 cm³/mol. The zero-order valence-electron chi connectivity index (χ0n) is 19.1. The number of hydrogen-bond donors (Lipinski definition) is 1. The molecule has 0 radical (unpaired) electrons. The molecule has 0 bridgehead atoms. The maximum absolute atomic E-state index is 15.2. The Morgan fingerprint density at radius 1 is 1.05 bits per heavy atom. The van der Waals surface area contributed by atoms with Gasteiger partial charge in [0.05, 0.1) is 35.2 Å². The number of rotatable bonds is 4. The molecule has 1 fully saturated rings. The monoisotopic (exact) mass is 519 g/mol. The number of imidazole rings is 1. The van der Waals surface area contributed by atoms with E-state index in [2.05, 4.69) is 9.97 Å². The number of fused-ring (bicyclic) bond motifs is 4. The molecule has 2 aliphatic rings. The minimum absolute atomic E-state index is 0.154. The highest BCUT2D eigenvalue weighted by Gasteiger charge is 2.59. The fourth-order valence-electron chi connectivity index (χ4n) is 5.16. The SMILES string of the molecule is Nc1nc2cc(F)c(C(=O)N(C3CC3)[C@@H]3CCc4cc(C(F)(F)C(F)(F)F)ccc43)cc2n2cncc12. The van der Waals surface area contributed by atoms with Gasteiger partial charge in [0.25, 0.3) is 5.91 Å². The smallest absolute Gasteiger partial charge is 0.382 e. The van der Waals surface area contributed by atoms with Gasteiger partial charge in [-0.15, -0.1) is 0 Å². The van der Waals surface area contributed by atoms with Gasteiger partial charge in [-0.05, 0) is 48.9 Å². The standard InChI is InChI=1S/C25H19F6N5O/c26-17-9-18-20(35-11-33-10-21(35)22(32)34-18)8-16(17)23(37)36(14-3-4-14)19-6-1-12-7-13(2-5-15(12)19)24(27,28)25(29,30)31/h2,5,7-11,14,19H,1,3-4,6H2,(H2,32,34)/t19-/m1/s1. The van der Waals surface area contributed by atoms with Crippen molar-refractivity contribution in [3.8, 4) is 0 Å². The molecule has 2 heterocycles. The van der Waals surface area contributed by atoms with Crippen molar-refractivity contribution in [1.82, 2.24) is 19.3 Å². The van der Waals surface area contributed by atoms with Crippen LogP contribution in [0.2, 0.25) is 0 Å². The number of benzene rings is 2. The number of nitrogens with zero attached hydrogens (tertiary/aromatic N) is 4. The van der Waals surface area contributed by atoms with Gasteiger partial charge in [-0.1, -0.05) is 12.1 Å². The molecule has 2 aliphatic carbocycles. The molecule has 0 unspecified atom stereocenters. The Hall–Kier alpha value is -3.83.